The minimum absolute atomic E-state index is 0.0218. The van der Waals surface area contributed by atoms with Crippen molar-refractivity contribution in [3.8, 4) is 0 Å². The summed E-state index contributed by atoms with van der Waals surface area (Å²) in [7, 11) is 0. The van der Waals surface area contributed by atoms with E-state index in [0.717, 1.165) is 0 Å². The molecule has 0 spiro atoms. The molecule has 2 unspecified atom stereocenters. The van der Waals surface area contributed by atoms with Crippen LogP contribution in [0.1, 0.15) is 6.92 Å². The van der Waals surface area contributed by atoms with E-state index in [0.29, 0.717) is 19.7 Å². The van der Waals surface area contributed by atoms with Crippen molar-refractivity contribution in [3.05, 3.63) is 0 Å². The summed E-state index contributed by atoms with van der Waals surface area (Å²) in [6, 6.07) is 0. The standard InChI is InChI=1S/C6H14N2O2/c1-6(4-8)9-3-5(2-7)10-6/h5H,2-4,7-8H2,1H3. The zero-order chi connectivity index (χ0) is 7.61. The summed E-state index contributed by atoms with van der Waals surface area (Å²) >= 11 is 0. The highest BCUT2D eigenvalue weighted by Crippen LogP contribution is 2.20. The van der Waals surface area contributed by atoms with E-state index in [1.165, 1.54) is 0 Å². The maximum absolute atomic E-state index is 5.39. The van der Waals surface area contributed by atoms with Gasteiger partial charge in [-0.1, -0.05) is 0 Å². The van der Waals surface area contributed by atoms with Crippen LogP contribution < -0.4 is 11.5 Å². The zero-order valence-corrected chi connectivity index (χ0v) is 6.17. The molecule has 1 fully saturated rings. The molecule has 60 valence electrons. The first-order chi connectivity index (χ1) is 4.70. The number of hydrogen-bond acceptors (Lipinski definition) is 4. The van der Waals surface area contributed by atoms with Crippen molar-refractivity contribution in [3.63, 3.8) is 0 Å². The Bertz CT molecular complexity index is 120. The molecule has 4 N–H and O–H groups in total. The third-order valence-corrected chi connectivity index (χ3v) is 1.62. The van der Waals surface area contributed by atoms with Gasteiger partial charge in [0.25, 0.3) is 0 Å². The predicted molar refractivity (Wildman–Crippen MR) is 37.3 cm³/mol. The van der Waals surface area contributed by atoms with E-state index in [-0.39, 0.29) is 6.10 Å². The molecule has 4 nitrogen and oxygen atoms in total. The molecule has 0 saturated carbocycles. The highest BCUT2D eigenvalue weighted by atomic mass is 16.7. The zero-order valence-electron chi connectivity index (χ0n) is 6.17. The van der Waals surface area contributed by atoms with E-state index in [9.17, 15) is 0 Å². The van der Waals surface area contributed by atoms with Crippen molar-refractivity contribution >= 4 is 0 Å². The van der Waals surface area contributed by atoms with Crippen LogP contribution in [-0.2, 0) is 9.47 Å². The van der Waals surface area contributed by atoms with Gasteiger partial charge in [-0.05, 0) is 6.92 Å². The molecule has 1 aliphatic rings. The van der Waals surface area contributed by atoms with Crippen LogP contribution in [0.3, 0.4) is 0 Å². The summed E-state index contributed by atoms with van der Waals surface area (Å²) < 4.78 is 10.6. The van der Waals surface area contributed by atoms with Gasteiger partial charge in [-0.15, -0.1) is 0 Å². The van der Waals surface area contributed by atoms with Crippen LogP contribution >= 0.6 is 0 Å². The number of ether oxygens (including phenoxy) is 2. The Morgan fingerprint density at radius 1 is 1.60 bits per heavy atom. The average Bonchev–Trinajstić information content (AvgIpc) is 2.33. The Kier molecular flexibility index (Phi) is 2.25. The Morgan fingerprint density at radius 3 is 2.60 bits per heavy atom. The molecule has 0 radical (unpaired) electrons. The Hall–Kier alpha value is -0.160. The van der Waals surface area contributed by atoms with Crippen molar-refractivity contribution in [1.82, 2.24) is 0 Å². The highest BCUT2D eigenvalue weighted by molar-refractivity contribution is 4.75. The van der Waals surface area contributed by atoms with Gasteiger partial charge < -0.3 is 20.9 Å². The lowest BCUT2D eigenvalue weighted by molar-refractivity contribution is -0.143. The second-order valence-corrected chi connectivity index (χ2v) is 2.62. The summed E-state index contributed by atoms with van der Waals surface area (Å²) in [5.74, 6) is -0.593. The fraction of sp³-hybridized carbons (Fsp3) is 1.00. The molecular formula is C6H14N2O2. The molecule has 0 aromatic heterocycles. The molecule has 4 heteroatoms. The fourth-order valence-corrected chi connectivity index (χ4v) is 0.913. The normalized spacial score (nSPS) is 40.5. The molecule has 0 aromatic rings. The van der Waals surface area contributed by atoms with Gasteiger partial charge in [-0.25, -0.2) is 0 Å². The molecule has 2 atom stereocenters. The van der Waals surface area contributed by atoms with Crippen molar-refractivity contribution in [1.29, 1.82) is 0 Å². The Morgan fingerprint density at radius 2 is 2.30 bits per heavy atom. The molecule has 1 rings (SSSR count). The molecule has 0 aromatic carbocycles. The van der Waals surface area contributed by atoms with Crippen LogP contribution in [0, 0.1) is 0 Å². The summed E-state index contributed by atoms with van der Waals surface area (Å²) in [5, 5.41) is 0. The molecule has 0 bridgehead atoms. The van der Waals surface area contributed by atoms with Gasteiger partial charge in [0.1, 0.15) is 0 Å². The number of nitrogens with two attached hydrogens (primary N) is 2. The first-order valence-electron chi connectivity index (χ1n) is 3.42. The van der Waals surface area contributed by atoms with Crippen molar-refractivity contribution in [2.24, 2.45) is 11.5 Å². The molecule has 10 heavy (non-hydrogen) atoms. The molecule has 0 aliphatic carbocycles. The Balaban J connectivity index is 2.41. The maximum Gasteiger partial charge on any atom is 0.178 e. The summed E-state index contributed by atoms with van der Waals surface area (Å²) in [6.45, 7) is 3.26. The van der Waals surface area contributed by atoms with Gasteiger partial charge in [0.15, 0.2) is 5.79 Å². The lowest BCUT2D eigenvalue weighted by atomic mass is 10.3. The van der Waals surface area contributed by atoms with Gasteiger partial charge in [0.2, 0.25) is 0 Å². The van der Waals surface area contributed by atoms with Crippen LogP contribution in [0.5, 0.6) is 0 Å². The van der Waals surface area contributed by atoms with Gasteiger partial charge >= 0.3 is 0 Å². The lowest BCUT2D eigenvalue weighted by Crippen LogP contribution is -2.36. The van der Waals surface area contributed by atoms with E-state index in [1.54, 1.807) is 0 Å². The van der Waals surface area contributed by atoms with Crippen LogP contribution in [0.2, 0.25) is 0 Å². The second kappa shape index (κ2) is 2.84. The smallest absolute Gasteiger partial charge is 0.178 e. The van der Waals surface area contributed by atoms with E-state index < -0.39 is 5.79 Å². The monoisotopic (exact) mass is 146 g/mol. The van der Waals surface area contributed by atoms with E-state index >= 15 is 0 Å². The molecule has 1 heterocycles. The third kappa shape index (κ3) is 1.46. The van der Waals surface area contributed by atoms with Gasteiger partial charge in [0.05, 0.1) is 12.7 Å². The quantitative estimate of drug-likeness (QED) is 0.526. The predicted octanol–water partition coefficient (Wildman–Crippen LogP) is -0.965. The minimum Gasteiger partial charge on any atom is -0.346 e. The average molecular weight is 146 g/mol. The highest BCUT2D eigenvalue weighted by Gasteiger charge is 2.34. The van der Waals surface area contributed by atoms with Crippen molar-refractivity contribution in [2.45, 2.75) is 18.8 Å². The minimum atomic E-state index is -0.593. The SMILES string of the molecule is CC1(CN)OCC(CN)O1. The van der Waals surface area contributed by atoms with Crippen LogP contribution in [0.25, 0.3) is 0 Å². The first-order valence-corrected chi connectivity index (χ1v) is 3.42. The van der Waals surface area contributed by atoms with Crippen molar-refractivity contribution < 1.29 is 9.47 Å². The van der Waals surface area contributed by atoms with Crippen LogP contribution in [0.15, 0.2) is 0 Å². The topological polar surface area (TPSA) is 70.5 Å². The van der Waals surface area contributed by atoms with Crippen molar-refractivity contribution in [2.75, 3.05) is 19.7 Å². The fourth-order valence-electron chi connectivity index (χ4n) is 0.913. The van der Waals surface area contributed by atoms with E-state index in [1.807, 2.05) is 6.92 Å². The van der Waals surface area contributed by atoms with Crippen LogP contribution in [-0.4, -0.2) is 31.6 Å². The second-order valence-electron chi connectivity index (χ2n) is 2.62. The molecule has 0 amide bonds. The van der Waals surface area contributed by atoms with Gasteiger partial charge in [-0.2, -0.15) is 0 Å². The van der Waals surface area contributed by atoms with Gasteiger partial charge in [-0.3, -0.25) is 0 Å². The van der Waals surface area contributed by atoms with E-state index in [2.05, 4.69) is 0 Å². The number of hydrogen-bond donors (Lipinski definition) is 2. The summed E-state index contributed by atoms with van der Waals surface area (Å²) in [6.07, 6.45) is 0.0218. The maximum atomic E-state index is 5.39. The molecule has 1 saturated heterocycles. The Labute approximate surface area is 60.5 Å². The lowest BCUT2D eigenvalue weighted by Gasteiger charge is -2.20. The van der Waals surface area contributed by atoms with Crippen LogP contribution in [0.4, 0.5) is 0 Å². The summed E-state index contributed by atoms with van der Waals surface area (Å²) in [5.41, 5.74) is 10.8. The molecule has 1 aliphatic heterocycles. The number of rotatable bonds is 2. The van der Waals surface area contributed by atoms with Gasteiger partial charge in [0, 0.05) is 13.1 Å². The molecular weight excluding hydrogens is 132 g/mol. The first kappa shape index (κ1) is 7.94. The largest absolute Gasteiger partial charge is 0.346 e. The van der Waals surface area contributed by atoms with E-state index in [4.69, 9.17) is 20.9 Å². The summed E-state index contributed by atoms with van der Waals surface area (Å²) in [4.78, 5) is 0. The third-order valence-electron chi connectivity index (χ3n) is 1.62.